The highest BCUT2D eigenvalue weighted by Crippen LogP contribution is 2.40. The van der Waals surface area contributed by atoms with Crippen molar-refractivity contribution >= 4 is 41.2 Å². The normalized spacial score (nSPS) is 20.0. The van der Waals surface area contributed by atoms with Crippen LogP contribution in [0.5, 0.6) is 0 Å². The van der Waals surface area contributed by atoms with Crippen LogP contribution in [0.1, 0.15) is 19.8 Å². The minimum Gasteiger partial charge on any atom is -0.477 e. The summed E-state index contributed by atoms with van der Waals surface area (Å²) < 4.78 is 6.22. The molecule has 14 heteroatoms. The van der Waals surface area contributed by atoms with E-state index in [1.54, 1.807) is 0 Å². The zero-order valence-corrected chi connectivity index (χ0v) is 17.2. The Kier molecular flexibility index (Phi) is 6.58. The Morgan fingerprint density at radius 3 is 2.81 bits per heavy atom. The van der Waals surface area contributed by atoms with Crippen LogP contribution in [-0.4, -0.2) is 72.2 Å². The fourth-order valence-electron chi connectivity index (χ4n) is 3.20. The summed E-state index contributed by atoms with van der Waals surface area (Å²) in [5.74, 6) is -2.57. The number of nitro groups is 1. The molecule has 0 unspecified atom stereocenters. The molecule has 2 N–H and O–H groups in total. The molecule has 13 nitrogen and oxygen atoms in total. The smallest absolute Gasteiger partial charge is 0.352 e. The molecule has 3 heterocycles. The summed E-state index contributed by atoms with van der Waals surface area (Å²) in [5.41, 5.74) is -0.0505. The summed E-state index contributed by atoms with van der Waals surface area (Å²) >= 11 is 1.27. The van der Waals surface area contributed by atoms with Crippen molar-refractivity contribution < 1.29 is 33.9 Å². The van der Waals surface area contributed by atoms with E-state index in [9.17, 15) is 34.4 Å². The van der Waals surface area contributed by atoms with Gasteiger partial charge >= 0.3 is 17.6 Å². The van der Waals surface area contributed by atoms with Gasteiger partial charge in [0, 0.05) is 31.2 Å². The maximum atomic E-state index is 12.5. The van der Waals surface area contributed by atoms with Gasteiger partial charge in [0.25, 0.3) is 5.91 Å². The molecular weight excluding hydrogens is 434 g/mol. The highest BCUT2D eigenvalue weighted by molar-refractivity contribution is 8.00. The lowest BCUT2D eigenvalue weighted by Crippen LogP contribution is -2.70. The SMILES string of the molecule is CC(=O)OCC1=C(C(=O)O)N2C(=O)[C@H](NC(=O)CCCn3cc([N+](=O)[O-])cn3)[C@@H]2SC1. The van der Waals surface area contributed by atoms with Crippen LogP contribution in [0.3, 0.4) is 0 Å². The molecule has 0 aromatic carbocycles. The first-order chi connectivity index (χ1) is 14.7. The molecule has 0 saturated carbocycles. The van der Waals surface area contributed by atoms with Gasteiger partial charge in [0.1, 0.15) is 36.1 Å². The van der Waals surface area contributed by atoms with Crippen LogP contribution in [0.15, 0.2) is 23.7 Å². The maximum absolute atomic E-state index is 12.5. The number of fused-ring (bicyclic) bond motifs is 1. The first-order valence-corrected chi connectivity index (χ1v) is 10.2. The van der Waals surface area contributed by atoms with Gasteiger partial charge in [-0.15, -0.1) is 11.8 Å². The van der Waals surface area contributed by atoms with Gasteiger partial charge in [-0.2, -0.15) is 5.10 Å². The van der Waals surface area contributed by atoms with Crippen LogP contribution in [0, 0.1) is 10.1 Å². The summed E-state index contributed by atoms with van der Waals surface area (Å²) in [4.78, 5) is 58.6. The van der Waals surface area contributed by atoms with Crippen molar-refractivity contribution in [3.63, 3.8) is 0 Å². The van der Waals surface area contributed by atoms with E-state index in [2.05, 4.69) is 10.4 Å². The number of β-lactam (4-membered cyclic amide) rings is 1. The molecule has 1 aromatic rings. The Labute approximate surface area is 179 Å². The predicted molar refractivity (Wildman–Crippen MR) is 104 cm³/mol. The number of hydrogen-bond donors (Lipinski definition) is 2. The molecule has 3 rings (SSSR count). The average Bonchev–Trinajstić information content (AvgIpc) is 3.18. The Hall–Kier alpha value is -3.42. The number of nitrogens with one attached hydrogen (secondary N) is 1. The number of carbonyl (C=O) groups excluding carboxylic acids is 3. The van der Waals surface area contributed by atoms with E-state index < -0.39 is 40.1 Å². The molecule has 2 aliphatic rings. The van der Waals surface area contributed by atoms with E-state index in [1.807, 2.05) is 0 Å². The van der Waals surface area contributed by atoms with Gasteiger partial charge in [0.05, 0.1) is 4.92 Å². The standard InChI is InChI=1S/C17H19N5O8S/c1-9(23)30-7-10-8-31-16-13(15(25)21(16)14(10)17(26)27)19-12(24)3-2-4-20-6-11(5-18-20)22(28)29/h5-6,13,16H,2-4,7-8H2,1H3,(H,19,24)(H,26,27)/t13-,16-/m0/s1. The quantitative estimate of drug-likeness (QED) is 0.222. The molecular formula is C17H19N5O8S. The monoisotopic (exact) mass is 453 g/mol. The van der Waals surface area contributed by atoms with E-state index in [-0.39, 0.29) is 36.7 Å². The van der Waals surface area contributed by atoms with Gasteiger partial charge in [-0.25, -0.2) is 4.79 Å². The number of carboxylic acid groups (broad SMARTS) is 1. The zero-order valence-electron chi connectivity index (χ0n) is 16.3. The van der Waals surface area contributed by atoms with Crippen LogP contribution in [0.2, 0.25) is 0 Å². The van der Waals surface area contributed by atoms with E-state index in [4.69, 9.17) is 4.74 Å². The fraction of sp³-hybridized carbons (Fsp3) is 0.471. The third-order valence-corrected chi connectivity index (χ3v) is 5.98. The highest BCUT2D eigenvalue weighted by Gasteiger charge is 2.54. The molecule has 2 amide bonds. The van der Waals surface area contributed by atoms with Crippen LogP contribution < -0.4 is 5.32 Å². The third-order valence-electron chi connectivity index (χ3n) is 4.64. The van der Waals surface area contributed by atoms with Crippen molar-refractivity contribution in [3.05, 3.63) is 33.8 Å². The molecule has 31 heavy (non-hydrogen) atoms. The summed E-state index contributed by atoms with van der Waals surface area (Å²) in [6.45, 7) is 1.27. The lowest BCUT2D eigenvalue weighted by atomic mass is 10.0. The number of carbonyl (C=O) groups is 4. The van der Waals surface area contributed by atoms with Gasteiger partial charge in [0.2, 0.25) is 5.91 Å². The number of hydrogen-bond acceptors (Lipinski definition) is 9. The maximum Gasteiger partial charge on any atom is 0.352 e. The predicted octanol–water partition coefficient (Wildman–Crippen LogP) is -0.127. The number of aliphatic carboxylic acids is 1. The first kappa shape index (κ1) is 22.3. The van der Waals surface area contributed by atoms with Gasteiger partial charge in [-0.1, -0.05) is 0 Å². The number of rotatable bonds is 9. The van der Waals surface area contributed by atoms with Gasteiger partial charge in [0.15, 0.2) is 0 Å². The molecule has 0 radical (unpaired) electrons. The largest absolute Gasteiger partial charge is 0.477 e. The molecule has 0 spiro atoms. The topological polar surface area (TPSA) is 174 Å². The molecule has 2 aliphatic heterocycles. The molecule has 0 bridgehead atoms. The van der Waals surface area contributed by atoms with E-state index in [0.717, 1.165) is 11.1 Å². The summed E-state index contributed by atoms with van der Waals surface area (Å²) in [6, 6.07) is -0.854. The molecule has 0 aliphatic carbocycles. The van der Waals surface area contributed by atoms with Crippen LogP contribution in [0.4, 0.5) is 5.69 Å². The van der Waals surface area contributed by atoms with Crippen molar-refractivity contribution in [2.75, 3.05) is 12.4 Å². The minimum absolute atomic E-state index is 0.0636. The first-order valence-electron chi connectivity index (χ1n) is 9.18. The number of carboxylic acids is 1. The Bertz CT molecular complexity index is 973. The van der Waals surface area contributed by atoms with Crippen molar-refractivity contribution in [2.45, 2.75) is 37.7 Å². The zero-order chi connectivity index (χ0) is 22.7. The van der Waals surface area contributed by atoms with E-state index >= 15 is 0 Å². The summed E-state index contributed by atoms with van der Waals surface area (Å²) in [6.07, 6.45) is 2.79. The fourth-order valence-corrected chi connectivity index (χ4v) is 4.53. The lowest BCUT2D eigenvalue weighted by molar-refractivity contribution is -0.385. The second-order valence-electron chi connectivity index (χ2n) is 6.81. The van der Waals surface area contributed by atoms with E-state index in [0.29, 0.717) is 12.0 Å². The lowest BCUT2D eigenvalue weighted by Gasteiger charge is -2.49. The van der Waals surface area contributed by atoms with Crippen molar-refractivity contribution in [1.82, 2.24) is 20.0 Å². The number of thioether (sulfide) groups is 1. The Morgan fingerprint density at radius 2 is 2.19 bits per heavy atom. The Morgan fingerprint density at radius 1 is 1.45 bits per heavy atom. The third kappa shape index (κ3) is 4.84. The molecule has 2 atom stereocenters. The molecule has 1 aromatic heterocycles. The second-order valence-corrected chi connectivity index (χ2v) is 7.92. The average molecular weight is 453 g/mol. The number of aryl methyl sites for hydroxylation is 1. The number of ether oxygens (including phenoxy) is 1. The number of nitrogens with zero attached hydrogens (tertiary/aromatic N) is 4. The summed E-state index contributed by atoms with van der Waals surface area (Å²) in [7, 11) is 0. The Balaban J connectivity index is 1.54. The van der Waals surface area contributed by atoms with Crippen LogP contribution in [0.25, 0.3) is 0 Å². The second kappa shape index (κ2) is 9.16. The van der Waals surface area contributed by atoms with Crippen molar-refractivity contribution in [1.29, 1.82) is 0 Å². The van der Waals surface area contributed by atoms with Crippen LogP contribution >= 0.6 is 11.8 Å². The van der Waals surface area contributed by atoms with Crippen LogP contribution in [-0.2, 0) is 30.5 Å². The number of aromatic nitrogens is 2. The van der Waals surface area contributed by atoms with Crippen molar-refractivity contribution in [3.8, 4) is 0 Å². The highest BCUT2D eigenvalue weighted by atomic mass is 32.2. The van der Waals surface area contributed by atoms with Crippen molar-refractivity contribution in [2.24, 2.45) is 0 Å². The van der Waals surface area contributed by atoms with Gasteiger partial charge < -0.3 is 15.2 Å². The molecule has 1 fully saturated rings. The van der Waals surface area contributed by atoms with E-state index in [1.165, 1.54) is 29.6 Å². The minimum atomic E-state index is -1.31. The van der Waals surface area contributed by atoms with Gasteiger partial charge in [-0.3, -0.25) is 34.1 Å². The number of amides is 2. The number of esters is 1. The molecule has 1 saturated heterocycles. The molecule has 166 valence electrons. The van der Waals surface area contributed by atoms with Gasteiger partial charge in [-0.05, 0) is 6.42 Å². The summed E-state index contributed by atoms with van der Waals surface area (Å²) in [5, 5.41) is 26.0.